The van der Waals surface area contributed by atoms with E-state index in [9.17, 15) is 14.0 Å². The Morgan fingerprint density at radius 1 is 1.00 bits per heavy atom. The molecule has 4 rings (SSSR count). The number of rotatable bonds is 4. The van der Waals surface area contributed by atoms with Gasteiger partial charge in [-0.1, -0.05) is 0 Å². The molecule has 3 heterocycles. The van der Waals surface area contributed by atoms with E-state index >= 15 is 0 Å². The van der Waals surface area contributed by atoms with Gasteiger partial charge in [0.05, 0.1) is 17.6 Å². The number of benzene rings is 1. The average molecular weight is 408 g/mol. The fraction of sp³-hybridized carbons (Fsp3) is 0.238. The maximum Gasteiger partial charge on any atom is 0.276 e. The van der Waals surface area contributed by atoms with Crippen molar-refractivity contribution < 1.29 is 9.18 Å². The Morgan fingerprint density at radius 2 is 1.73 bits per heavy atom. The van der Waals surface area contributed by atoms with Crippen LogP contribution in [0.5, 0.6) is 0 Å². The van der Waals surface area contributed by atoms with Crippen LogP contribution in [0.15, 0.2) is 59.5 Å². The summed E-state index contributed by atoms with van der Waals surface area (Å²) >= 11 is 0. The highest BCUT2D eigenvalue weighted by Crippen LogP contribution is 2.16. The van der Waals surface area contributed by atoms with Crippen LogP contribution in [-0.4, -0.2) is 58.8 Å². The van der Waals surface area contributed by atoms with Gasteiger partial charge in [-0.15, -0.1) is 0 Å². The number of hydrogen-bond donors (Lipinski definition) is 1. The van der Waals surface area contributed by atoms with E-state index in [1.807, 2.05) is 6.07 Å². The van der Waals surface area contributed by atoms with Crippen LogP contribution in [0.3, 0.4) is 0 Å². The van der Waals surface area contributed by atoms with Crippen LogP contribution in [0.4, 0.5) is 15.9 Å². The summed E-state index contributed by atoms with van der Waals surface area (Å²) in [5.41, 5.74) is 0.534. The fourth-order valence-corrected chi connectivity index (χ4v) is 3.18. The molecule has 9 heteroatoms. The molecule has 0 atom stereocenters. The zero-order valence-corrected chi connectivity index (χ0v) is 16.5. The highest BCUT2D eigenvalue weighted by Gasteiger charge is 2.16. The lowest BCUT2D eigenvalue weighted by atomic mass is 10.3. The number of nitrogens with zero attached hydrogens (tertiary/aromatic N) is 5. The number of aromatic nitrogens is 3. The van der Waals surface area contributed by atoms with Crippen molar-refractivity contribution >= 4 is 17.4 Å². The van der Waals surface area contributed by atoms with E-state index in [0.717, 1.165) is 36.7 Å². The van der Waals surface area contributed by atoms with Gasteiger partial charge in [0.1, 0.15) is 17.3 Å². The zero-order valence-electron chi connectivity index (χ0n) is 16.5. The lowest BCUT2D eigenvalue weighted by Crippen LogP contribution is -2.44. The summed E-state index contributed by atoms with van der Waals surface area (Å²) in [5, 5.41) is 6.84. The summed E-state index contributed by atoms with van der Waals surface area (Å²) < 4.78 is 14.2. The highest BCUT2D eigenvalue weighted by molar-refractivity contribution is 6.02. The zero-order chi connectivity index (χ0) is 21.1. The minimum absolute atomic E-state index is 0.0575. The van der Waals surface area contributed by atoms with Crippen LogP contribution >= 0.6 is 0 Å². The van der Waals surface area contributed by atoms with Gasteiger partial charge in [0, 0.05) is 32.2 Å². The second-order valence-corrected chi connectivity index (χ2v) is 7.09. The molecule has 1 aliphatic heterocycles. The summed E-state index contributed by atoms with van der Waals surface area (Å²) in [7, 11) is 2.09. The molecule has 0 unspecified atom stereocenters. The molecule has 1 amide bonds. The van der Waals surface area contributed by atoms with Gasteiger partial charge in [0.2, 0.25) is 0 Å². The number of nitrogens with one attached hydrogen (secondary N) is 1. The molecule has 1 saturated heterocycles. The van der Waals surface area contributed by atoms with Crippen molar-refractivity contribution in [1.82, 2.24) is 19.7 Å². The van der Waals surface area contributed by atoms with Gasteiger partial charge in [0.25, 0.3) is 11.5 Å². The molecule has 1 fully saturated rings. The Balaban J connectivity index is 1.48. The summed E-state index contributed by atoms with van der Waals surface area (Å²) in [4.78, 5) is 33.6. The standard InChI is InChI=1S/C21H21FN6O2/c1-26-10-12-27(13-11-26)19-8-4-16(14-23-19)24-21(30)18-7-9-20(29)28(25-18)17-5-2-15(22)3-6-17/h2-9,14H,10-13H2,1H3,(H,24,30). The van der Waals surface area contributed by atoms with E-state index in [0.29, 0.717) is 11.4 Å². The lowest BCUT2D eigenvalue weighted by molar-refractivity contribution is 0.102. The number of piperazine rings is 1. The van der Waals surface area contributed by atoms with Gasteiger partial charge < -0.3 is 15.1 Å². The number of likely N-dealkylation sites (N-methyl/N-ethyl adjacent to an activating group) is 1. The smallest absolute Gasteiger partial charge is 0.276 e. The maximum atomic E-state index is 13.1. The number of hydrogen-bond acceptors (Lipinski definition) is 6. The molecule has 0 radical (unpaired) electrons. The molecule has 0 aliphatic carbocycles. The van der Waals surface area contributed by atoms with Gasteiger partial charge in [0.15, 0.2) is 0 Å². The third-order valence-corrected chi connectivity index (χ3v) is 4.94. The van der Waals surface area contributed by atoms with Crippen molar-refractivity contribution in [3.8, 4) is 5.69 Å². The second-order valence-electron chi connectivity index (χ2n) is 7.09. The van der Waals surface area contributed by atoms with Crippen LogP contribution in [0, 0.1) is 5.82 Å². The molecule has 8 nitrogen and oxygen atoms in total. The van der Waals surface area contributed by atoms with Gasteiger partial charge in [-0.3, -0.25) is 9.59 Å². The quantitative estimate of drug-likeness (QED) is 0.709. The van der Waals surface area contributed by atoms with Crippen LogP contribution in [-0.2, 0) is 0 Å². The van der Waals surface area contributed by atoms with Crippen LogP contribution in [0.1, 0.15) is 10.5 Å². The van der Waals surface area contributed by atoms with Gasteiger partial charge in [-0.05, 0) is 49.5 Å². The molecule has 0 bridgehead atoms. The predicted molar refractivity (Wildman–Crippen MR) is 112 cm³/mol. The van der Waals surface area contributed by atoms with Crippen molar-refractivity contribution in [3.05, 3.63) is 76.6 Å². The molecule has 3 aromatic rings. The van der Waals surface area contributed by atoms with Gasteiger partial charge in [-0.25, -0.2) is 9.37 Å². The highest BCUT2D eigenvalue weighted by atomic mass is 19.1. The SMILES string of the molecule is CN1CCN(c2ccc(NC(=O)c3ccc(=O)n(-c4ccc(F)cc4)n3)cn2)CC1. The monoisotopic (exact) mass is 408 g/mol. The molecule has 154 valence electrons. The van der Waals surface area contributed by atoms with Crippen LogP contribution in [0.25, 0.3) is 5.69 Å². The first-order valence-corrected chi connectivity index (χ1v) is 9.57. The number of halogens is 1. The largest absolute Gasteiger partial charge is 0.354 e. The molecular weight excluding hydrogens is 387 g/mol. The molecule has 1 aromatic carbocycles. The van der Waals surface area contributed by atoms with Crippen molar-refractivity contribution in [1.29, 1.82) is 0 Å². The van der Waals surface area contributed by atoms with E-state index in [4.69, 9.17) is 0 Å². The third kappa shape index (κ3) is 4.36. The number of pyridine rings is 1. The summed E-state index contributed by atoms with van der Waals surface area (Å²) in [6.45, 7) is 3.78. The number of carbonyl (C=O) groups is 1. The third-order valence-electron chi connectivity index (χ3n) is 4.94. The molecule has 0 saturated carbocycles. The number of anilines is 2. The Morgan fingerprint density at radius 3 is 2.40 bits per heavy atom. The Kier molecular flexibility index (Phi) is 5.53. The molecule has 1 aliphatic rings. The summed E-state index contributed by atoms with van der Waals surface area (Å²) in [6, 6.07) is 11.6. The van der Waals surface area contributed by atoms with Crippen molar-refractivity contribution in [2.75, 3.05) is 43.4 Å². The van der Waals surface area contributed by atoms with Gasteiger partial charge in [-0.2, -0.15) is 9.78 Å². The van der Waals surface area contributed by atoms with E-state index in [1.54, 1.807) is 12.3 Å². The fourth-order valence-electron chi connectivity index (χ4n) is 3.18. The molecule has 30 heavy (non-hydrogen) atoms. The number of amides is 1. The lowest BCUT2D eigenvalue weighted by Gasteiger charge is -2.33. The second kappa shape index (κ2) is 8.42. The average Bonchev–Trinajstić information content (AvgIpc) is 2.76. The normalized spacial score (nSPS) is 14.5. The molecular formula is C21H21FN6O2. The minimum Gasteiger partial charge on any atom is -0.354 e. The van der Waals surface area contributed by atoms with Crippen LogP contribution in [0.2, 0.25) is 0 Å². The van der Waals surface area contributed by atoms with Crippen LogP contribution < -0.4 is 15.8 Å². The Hall–Kier alpha value is -3.59. The van der Waals surface area contributed by atoms with Crippen molar-refractivity contribution in [3.63, 3.8) is 0 Å². The first-order valence-electron chi connectivity index (χ1n) is 9.57. The van der Waals surface area contributed by atoms with Crippen molar-refractivity contribution in [2.24, 2.45) is 0 Å². The predicted octanol–water partition coefficient (Wildman–Crippen LogP) is 1.77. The molecule has 1 N–H and O–H groups in total. The number of carbonyl (C=O) groups excluding carboxylic acids is 1. The van der Waals surface area contributed by atoms with E-state index in [2.05, 4.69) is 32.2 Å². The van der Waals surface area contributed by atoms with E-state index in [1.165, 1.54) is 36.4 Å². The molecule has 0 spiro atoms. The van der Waals surface area contributed by atoms with E-state index < -0.39 is 17.3 Å². The van der Waals surface area contributed by atoms with Gasteiger partial charge >= 0.3 is 0 Å². The first kappa shape index (κ1) is 19.7. The summed E-state index contributed by atoms with van der Waals surface area (Å²) in [5.74, 6) is -0.0303. The Labute approximate surface area is 172 Å². The van der Waals surface area contributed by atoms with Crippen molar-refractivity contribution in [2.45, 2.75) is 0 Å². The topological polar surface area (TPSA) is 83.4 Å². The maximum absolute atomic E-state index is 13.1. The Bertz CT molecular complexity index is 1090. The first-order chi connectivity index (χ1) is 14.5. The minimum atomic E-state index is -0.472. The summed E-state index contributed by atoms with van der Waals surface area (Å²) in [6.07, 6.45) is 1.60. The molecule has 2 aromatic heterocycles. The van der Waals surface area contributed by atoms with E-state index in [-0.39, 0.29) is 5.69 Å².